The van der Waals surface area contributed by atoms with Crippen LogP contribution < -0.4 is 10.7 Å². The molecular formula is C12H20N2O2. The van der Waals surface area contributed by atoms with Crippen molar-refractivity contribution in [2.24, 2.45) is 0 Å². The number of rotatable bonds is 4. The fraction of sp³-hybridized carbons (Fsp3) is 0.583. The molecule has 4 nitrogen and oxygen atoms in total. The smallest absolute Gasteiger partial charge is 0.181 e. The van der Waals surface area contributed by atoms with Crippen molar-refractivity contribution in [3.63, 3.8) is 0 Å². The maximum Gasteiger partial charge on any atom is 0.181 e. The van der Waals surface area contributed by atoms with Crippen molar-refractivity contribution in [1.82, 2.24) is 9.88 Å². The highest BCUT2D eigenvalue weighted by atomic mass is 16.3. The SMILES string of the molecule is CC(C)(C)NCC(O)Cn1ccc(=O)cc1. The first kappa shape index (κ1) is 12.9. The van der Waals surface area contributed by atoms with Crippen LogP contribution >= 0.6 is 0 Å². The maximum absolute atomic E-state index is 10.9. The quantitative estimate of drug-likeness (QED) is 0.787. The molecule has 0 radical (unpaired) electrons. The third-order valence-corrected chi connectivity index (χ3v) is 2.15. The predicted molar refractivity (Wildman–Crippen MR) is 64.5 cm³/mol. The first-order chi connectivity index (χ1) is 7.37. The average molecular weight is 224 g/mol. The van der Waals surface area contributed by atoms with Crippen molar-refractivity contribution in [3.8, 4) is 0 Å². The largest absolute Gasteiger partial charge is 0.390 e. The highest BCUT2D eigenvalue weighted by Crippen LogP contribution is 1.99. The molecule has 0 spiro atoms. The Labute approximate surface area is 95.9 Å². The fourth-order valence-electron chi connectivity index (χ4n) is 1.30. The molecule has 0 saturated heterocycles. The molecule has 1 aromatic heterocycles. The summed E-state index contributed by atoms with van der Waals surface area (Å²) in [6.45, 7) is 7.19. The Morgan fingerprint density at radius 1 is 1.38 bits per heavy atom. The van der Waals surface area contributed by atoms with Crippen LogP contribution in [0.4, 0.5) is 0 Å². The topological polar surface area (TPSA) is 54.3 Å². The van der Waals surface area contributed by atoms with Gasteiger partial charge < -0.3 is 15.0 Å². The molecule has 0 aliphatic carbocycles. The van der Waals surface area contributed by atoms with Crippen molar-refractivity contribution in [2.75, 3.05) is 6.54 Å². The van der Waals surface area contributed by atoms with E-state index in [9.17, 15) is 9.90 Å². The van der Waals surface area contributed by atoms with Crippen LogP contribution in [0.1, 0.15) is 20.8 Å². The van der Waals surface area contributed by atoms with Gasteiger partial charge in [-0.15, -0.1) is 0 Å². The molecule has 0 saturated carbocycles. The van der Waals surface area contributed by atoms with E-state index < -0.39 is 6.10 Å². The van der Waals surface area contributed by atoms with E-state index in [1.54, 1.807) is 17.0 Å². The maximum atomic E-state index is 10.9. The molecule has 1 unspecified atom stereocenters. The zero-order chi connectivity index (χ0) is 12.2. The van der Waals surface area contributed by atoms with Crippen molar-refractivity contribution in [3.05, 3.63) is 34.7 Å². The van der Waals surface area contributed by atoms with Crippen LogP contribution in [-0.2, 0) is 6.54 Å². The number of nitrogens with zero attached hydrogens (tertiary/aromatic N) is 1. The van der Waals surface area contributed by atoms with E-state index in [1.165, 1.54) is 12.1 Å². The predicted octanol–water partition coefficient (Wildman–Crippen LogP) is 0.597. The number of hydrogen-bond acceptors (Lipinski definition) is 3. The lowest BCUT2D eigenvalue weighted by molar-refractivity contribution is 0.142. The van der Waals surface area contributed by atoms with Crippen molar-refractivity contribution in [2.45, 2.75) is 39.0 Å². The molecule has 2 N–H and O–H groups in total. The molecule has 1 atom stereocenters. The number of aliphatic hydroxyl groups is 1. The minimum atomic E-state index is -0.457. The Morgan fingerprint density at radius 3 is 2.44 bits per heavy atom. The van der Waals surface area contributed by atoms with E-state index in [1.807, 2.05) is 0 Å². The van der Waals surface area contributed by atoms with E-state index in [-0.39, 0.29) is 11.0 Å². The van der Waals surface area contributed by atoms with Gasteiger partial charge in [-0.1, -0.05) is 0 Å². The summed E-state index contributed by atoms with van der Waals surface area (Å²) >= 11 is 0. The molecule has 1 heterocycles. The van der Waals surface area contributed by atoms with Crippen LogP contribution in [0.25, 0.3) is 0 Å². The summed E-state index contributed by atoms with van der Waals surface area (Å²) in [7, 11) is 0. The molecule has 0 aliphatic rings. The standard InChI is InChI=1S/C12H20N2O2/c1-12(2,3)13-8-11(16)9-14-6-4-10(15)5-7-14/h4-7,11,13,16H,8-9H2,1-3H3. The fourth-order valence-corrected chi connectivity index (χ4v) is 1.30. The van der Waals surface area contributed by atoms with Gasteiger partial charge in [0.25, 0.3) is 0 Å². The molecule has 0 fully saturated rings. The van der Waals surface area contributed by atoms with Crippen molar-refractivity contribution in [1.29, 1.82) is 0 Å². The van der Waals surface area contributed by atoms with Crippen LogP contribution in [0, 0.1) is 0 Å². The number of β-amino-alcohol motifs (C(OH)–C–C–N with tert-alkyl or cyclic N) is 1. The zero-order valence-electron chi connectivity index (χ0n) is 10.1. The minimum absolute atomic E-state index is 0.00449. The molecular weight excluding hydrogens is 204 g/mol. The highest BCUT2D eigenvalue weighted by Gasteiger charge is 2.11. The van der Waals surface area contributed by atoms with E-state index in [0.717, 1.165) is 0 Å². The minimum Gasteiger partial charge on any atom is -0.390 e. The third-order valence-electron chi connectivity index (χ3n) is 2.15. The zero-order valence-corrected chi connectivity index (χ0v) is 10.1. The average Bonchev–Trinajstić information content (AvgIpc) is 2.18. The molecule has 0 aliphatic heterocycles. The first-order valence-electron chi connectivity index (χ1n) is 5.46. The van der Waals surface area contributed by atoms with Gasteiger partial charge in [0.05, 0.1) is 6.10 Å². The van der Waals surface area contributed by atoms with Crippen LogP contribution in [-0.4, -0.2) is 27.9 Å². The van der Waals surface area contributed by atoms with Crippen LogP contribution in [0.5, 0.6) is 0 Å². The lowest BCUT2D eigenvalue weighted by Crippen LogP contribution is -2.42. The number of hydrogen-bond donors (Lipinski definition) is 2. The number of nitrogens with one attached hydrogen (secondary N) is 1. The van der Waals surface area contributed by atoms with Gasteiger partial charge in [0.1, 0.15) is 0 Å². The normalized spacial score (nSPS) is 13.8. The molecule has 0 bridgehead atoms. The van der Waals surface area contributed by atoms with Crippen LogP contribution in [0.3, 0.4) is 0 Å². The molecule has 90 valence electrons. The van der Waals surface area contributed by atoms with Gasteiger partial charge in [-0.2, -0.15) is 0 Å². The van der Waals surface area contributed by atoms with E-state index in [2.05, 4.69) is 26.1 Å². The summed E-state index contributed by atoms with van der Waals surface area (Å²) in [5, 5.41) is 13.0. The molecule has 0 amide bonds. The van der Waals surface area contributed by atoms with Gasteiger partial charge in [-0.3, -0.25) is 4.79 Å². The van der Waals surface area contributed by atoms with E-state index in [4.69, 9.17) is 0 Å². The Morgan fingerprint density at radius 2 is 1.94 bits per heavy atom. The second kappa shape index (κ2) is 5.27. The summed E-state index contributed by atoms with van der Waals surface area (Å²) in [5.41, 5.74) is -0.0107. The van der Waals surface area contributed by atoms with Gasteiger partial charge >= 0.3 is 0 Å². The van der Waals surface area contributed by atoms with Gasteiger partial charge in [0, 0.05) is 43.2 Å². The van der Waals surface area contributed by atoms with Gasteiger partial charge in [-0.25, -0.2) is 0 Å². The first-order valence-corrected chi connectivity index (χ1v) is 5.46. The lowest BCUT2D eigenvalue weighted by Gasteiger charge is -2.23. The lowest BCUT2D eigenvalue weighted by atomic mass is 10.1. The van der Waals surface area contributed by atoms with E-state index >= 15 is 0 Å². The van der Waals surface area contributed by atoms with Crippen LogP contribution in [0.15, 0.2) is 29.3 Å². The molecule has 1 aromatic rings. The summed E-state index contributed by atoms with van der Waals surface area (Å²) in [6, 6.07) is 2.98. The Kier molecular flexibility index (Phi) is 4.26. The Balaban J connectivity index is 2.42. The molecule has 1 rings (SSSR count). The third kappa shape index (κ3) is 5.09. The number of aliphatic hydroxyl groups excluding tert-OH is 1. The van der Waals surface area contributed by atoms with Gasteiger partial charge in [-0.05, 0) is 20.8 Å². The monoisotopic (exact) mass is 224 g/mol. The van der Waals surface area contributed by atoms with Gasteiger partial charge in [0.2, 0.25) is 0 Å². The Hall–Kier alpha value is -1.13. The van der Waals surface area contributed by atoms with Gasteiger partial charge in [0.15, 0.2) is 5.43 Å². The van der Waals surface area contributed by atoms with Crippen LogP contribution in [0.2, 0.25) is 0 Å². The molecule has 0 aromatic carbocycles. The summed E-state index contributed by atoms with van der Waals surface area (Å²) in [4.78, 5) is 10.9. The summed E-state index contributed by atoms with van der Waals surface area (Å²) in [5.74, 6) is 0. The second-order valence-corrected chi connectivity index (χ2v) is 5.02. The van der Waals surface area contributed by atoms with E-state index in [0.29, 0.717) is 13.1 Å². The van der Waals surface area contributed by atoms with Crippen molar-refractivity contribution >= 4 is 0 Å². The molecule has 16 heavy (non-hydrogen) atoms. The summed E-state index contributed by atoms with van der Waals surface area (Å²) < 4.78 is 1.80. The summed E-state index contributed by atoms with van der Waals surface area (Å²) in [6.07, 6.45) is 2.91. The number of aromatic nitrogens is 1. The second-order valence-electron chi connectivity index (χ2n) is 5.02. The van der Waals surface area contributed by atoms with Crippen molar-refractivity contribution < 1.29 is 5.11 Å². The number of pyridine rings is 1. The Bertz CT molecular complexity index is 359. The highest BCUT2D eigenvalue weighted by molar-refractivity contribution is 4.94. The molecule has 4 heteroatoms.